The molecule has 7 unspecified atom stereocenters. The number of amides is 4. The van der Waals surface area contributed by atoms with Crippen molar-refractivity contribution in [3.63, 3.8) is 0 Å². The molecule has 1 saturated heterocycles. The molecule has 0 aliphatic carbocycles. The number of likely N-dealkylation sites (N-methyl/N-ethyl adjacent to an activating group) is 2. The Balaban J connectivity index is 2.05. The summed E-state index contributed by atoms with van der Waals surface area (Å²) >= 11 is 0. The van der Waals surface area contributed by atoms with Gasteiger partial charge in [-0.1, -0.05) is 64.4 Å². The minimum absolute atomic E-state index is 0.0330. The fraction of sp³-hybridized carbons (Fsp3) is 0.718. The molecule has 0 aromatic heterocycles. The van der Waals surface area contributed by atoms with Crippen molar-refractivity contribution in [2.75, 3.05) is 60.7 Å². The first-order chi connectivity index (χ1) is 25.7. The van der Waals surface area contributed by atoms with Crippen molar-refractivity contribution in [3.05, 3.63) is 35.9 Å². The average molecular weight is 763 g/mol. The molecule has 2 rings (SSSR count). The number of benzene rings is 1. The summed E-state index contributed by atoms with van der Waals surface area (Å²) in [5.41, 5.74) is 0.904. The second kappa shape index (κ2) is 24.1. The topological polar surface area (TPSA) is 193 Å². The van der Waals surface area contributed by atoms with Crippen LogP contribution in [0.1, 0.15) is 72.3 Å². The number of ketones is 1. The van der Waals surface area contributed by atoms with Gasteiger partial charge in [-0.25, -0.2) is 5.90 Å². The summed E-state index contributed by atoms with van der Waals surface area (Å²) in [6.07, 6.45) is 0.910. The summed E-state index contributed by atoms with van der Waals surface area (Å²) in [7, 11) is 4.98. The normalized spacial score (nSPS) is 17.8. The lowest BCUT2D eigenvalue weighted by molar-refractivity contribution is -0.144. The highest BCUT2D eigenvalue weighted by Crippen LogP contribution is 2.27. The third-order valence-corrected chi connectivity index (χ3v) is 10.3. The van der Waals surface area contributed by atoms with Crippen LogP contribution in [0.3, 0.4) is 0 Å². The standard InChI is InChI=1S/C39H66N6O9/c1-9-14-31(44(7)35(48)25-41-39(51)36(26(2)3)43(6)19-20-53-21-22-54-40)33(52-8)24-34(47)45-18-13-17-32(45)37(49)27(4)38(50)42-30(28(5)46)23-29-15-11-10-12-16-29/h10-12,15-16,26-27,30-33,36-37,49H,9,13-14,17-25,40H2,1-8H3,(H,41,51)(H,42,50). The maximum absolute atomic E-state index is 13.8. The molecule has 306 valence electrons. The van der Waals surface area contributed by atoms with Gasteiger partial charge in [0.25, 0.3) is 0 Å². The van der Waals surface area contributed by atoms with Crippen LogP contribution in [-0.4, -0.2) is 146 Å². The van der Waals surface area contributed by atoms with Crippen molar-refractivity contribution in [1.82, 2.24) is 25.3 Å². The van der Waals surface area contributed by atoms with Gasteiger partial charge in [0.05, 0.1) is 75.1 Å². The zero-order chi connectivity index (χ0) is 40.4. The molecule has 0 bridgehead atoms. The zero-order valence-electron chi connectivity index (χ0n) is 33.6. The van der Waals surface area contributed by atoms with E-state index in [2.05, 4.69) is 15.5 Å². The molecule has 1 aliphatic rings. The van der Waals surface area contributed by atoms with Crippen molar-refractivity contribution in [2.45, 2.75) is 110 Å². The van der Waals surface area contributed by atoms with Gasteiger partial charge >= 0.3 is 0 Å². The molecule has 0 spiro atoms. The van der Waals surface area contributed by atoms with Crippen LogP contribution in [0.5, 0.6) is 0 Å². The lowest BCUT2D eigenvalue weighted by Crippen LogP contribution is -2.54. The first kappa shape index (κ1) is 46.7. The van der Waals surface area contributed by atoms with Crippen LogP contribution in [0.15, 0.2) is 30.3 Å². The molecule has 0 saturated carbocycles. The number of methoxy groups -OCH3 is 1. The summed E-state index contributed by atoms with van der Waals surface area (Å²) < 4.78 is 11.3. The van der Waals surface area contributed by atoms with Gasteiger partial charge in [-0.15, -0.1) is 0 Å². The molecular formula is C39H66N6O9. The number of nitrogens with one attached hydrogen (secondary N) is 2. The van der Waals surface area contributed by atoms with Crippen molar-refractivity contribution < 1.29 is 43.4 Å². The Morgan fingerprint density at radius 3 is 2.31 bits per heavy atom. The fourth-order valence-corrected chi connectivity index (χ4v) is 7.13. The number of aliphatic hydroxyl groups excluding tert-OH is 1. The smallest absolute Gasteiger partial charge is 0.242 e. The van der Waals surface area contributed by atoms with E-state index in [-0.39, 0.29) is 49.0 Å². The SMILES string of the molecule is CCCC(C(CC(=O)N1CCCC1C(O)C(C)C(=O)NC(Cc1ccccc1)C(C)=O)OC)N(C)C(=O)CNC(=O)C(C(C)C)N(C)CCOCCON. The van der Waals surface area contributed by atoms with E-state index in [0.29, 0.717) is 58.4 Å². The Hall–Kier alpha value is -3.47. The van der Waals surface area contributed by atoms with Crippen molar-refractivity contribution in [2.24, 2.45) is 17.7 Å². The zero-order valence-corrected chi connectivity index (χ0v) is 33.6. The van der Waals surface area contributed by atoms with E-state index in [0.717, 1.165) is 5.56 Å². The highest BCUT2D eigenvalue weighted by molar-refractivity contribution is 5.89. The predicted molar refractivity (Wildman–Crippen MR) is 205 cm³/mol. The minimum Gasteiger partial charge on any atom is -0.390 e. The maximum atomic E-state index is 13.8. The first-order valence-corrected chi connectivity index (χ1v) is 19.2. The second-order valence-electron chi connectivity index (χ2n) is 14.6. The first-order valence-electron chi connectivity index (χ1n) is 19.2. The monoisotopic (exact) mass is 762 g/mol. The minimum atomic E-state index is -1.16. The van der Waals surface area contributed by atoms with Crippen LogP contribution >= 0.6 is 0 Å². The van der Waals surface area contributed by atoms with Crippen molar-refractivity contribution >= 4 is 29.4 Å². The number of ether oxygens (including phenoxy) is 2. The number of hydrogen-bond donors (Lipinski definition) is 4. The van der Waals surface area contributed by atoms with E-state index in [1.807, 2.05) is 63.1 Å². The van der Waals surface area contributed by atoms with Gasteiger partial charge in [0.2, 0.25) is 23.6 Å². The second-order valence-corrected chi connectivity index (χ2v) is 14.6. The lowest BCUT2D eigenvalue weighted by atomic mass is 9.93. The number of rotatable bonds is 25. The number of carbonyl (C=O) groups is 5. The third-order valence-electron chi connectivity index (χ3n) is 10.3. The summed E-state index contributed by atoms with van der Waals surface area (Å²) in [5, 5.41) is 17.0. The quantitative estimate of drug-likeness (QED) is 0.0830. The Bertz CT molecular complexity index is 1320. The molecule has 1 aromatic rings. The van der Waals surface area contributed by atoms with Gasteiger partial charge in [-0.2, -0.15) is 0 Å². The molecule has 1 aromatic carbocycles. The number of aliphatic hydroxyl groups is 1. The lowest BCUT2D eigenvalue weighted by Gasteiger charge is -2.36. The summed E-state index contributed by atoms with van der Waals surface area (Å²) in [5.74, 6) is 2.61. The average Bonchev–Trinajstić information content (AvgIpc) is 3.64. The molecule has 15 nitrogen and oxygen atoms in total. The van der Waals surface area contributed by atoms with Crippen LogP contribution in [0.25, 0.3) is 0 Å². The molecule has 0 radical (unpaired) electrons. The Kier molecular flexibility index (Phi) is 20.9. The summed E-state index contributed by atoms with van der Waals surface area (Å²) in [4.78, 5) is 75.8. The van der Waals surface area contributed by atoms with Gasteiger partial charge < -0.3 is 39.9 Å². The maximum Gasteiger partial charge on any atom is 0.242 e. The van der Waals surface area contributed by atoms with Crippen LogP contribution < -0.4 is 16.5 Å². The highest BCUT2D eigenvalue weighted by atomic mass is 16.6. The molecule has 4 amide bonds. The summed E-state index contributed by atoms with van der Waals surface area (Å²) in [6, 6.07) is 7.09. The molecule has 15 heteroatoms. The van der Waals surface area contributed by atoms with Crippen LogP contribution in [0.2, 0.25) is 0 Å². The molecule has 1 fully saturated rings. The Morgan fingerprint density at radius 1 is 1.04 bits per heavy atom. The Labute approximate surface area is 321 Å². The molecule has 1 heterocycles. The van der Waals surface area contributed by atoms with Crippen LogP contribution in [-0.2, 0) is 44.7 Å². The molecule has 54 heavy (non-hydrogen) atoms. The van der Waals surface area contributed by atoms with Crippen molar-refractivity contribution in [3.8, 4) is 0 Å². The number of hydrogen-bond acceptors (Lipinski definition) is 11. The van der Waals surface area contributed by atoms with E-state index in [1.165, 1.54) is 18.9 Å². The number of likely N-dealkylation sites (tertiary alicyclic amines) is 1. The highest BCUT2D eigenvalue weighted by Gasteiger charge is 2.41. The van der Waals surface area contributed by atoms with Gasteiger partial charge in [0.1, 0.15) is 0 Å². The van der Waals surface area contributed by atoms with E-state index >= 15 is 0 Å². The Morgan fingerprint density at radius 2 is 1.72 bits per heavy atom. The molecule has 5 N–H and O–H groups in total. The van der Waals surface area contributed by atoms with E-state index in [4.69, 9.17) is 15.4 Å². The van der Waals surface area contributed by atoms with E-state index in [1.54, 1.807) is 18.9 Å². The van der Waals surface area contributed by atoms with Gasteiger partial charge in [0, 0.05) is 27.2 Å². The van der Waals surface area contributed by atoms with Crippen LogP contribution in [0, 0.1) is 11.8 Å². The molecular weight excluding hydrogens is 696 g/mol. The molecule has 1 aliphatic heterocycles. The predicted octanol–water partition coefficient (Wildman–Crippen LogP) is 1.30. The largest absolute Gasteiger partial charge is 0.390 e. The number of Topliss-reactive ketones (excluding diaryl/α,β-unsaturated/α-hetero) is 1. The number of nitrogens with two attached hydrogens (primary N) is 1. The van der Waals surface area contributed by atoms with Gasteiger partial charge in [0.15, 0.2) is 5.78 Å². The van der Waals surface area contributed by atoms with Gasteiger partial charge in [-0.05, 0) is 51.1 Å². The van der Waals surface area contributed by atoms with Crippen molar-refractivity contribution in [1.29, 1.82) is 0 Å². The van der Waals surface area contributed by atoms with Crippen LogP contribution in [0.4, 0.5) is 0 Å². The molecule has 7 atom stereocenters. The fourth-order valence-electron chi connectivity index (χ4n) is 7.13. The number of carbonyl (C=O) groups excluding carboxylic acids is 5. The van der Waals surface area contributed by atoms with Gasteiger partial charge in [-0.3, -0.25) is 28.9 Å². The van der Waals surface area contributed by atoms with E-state index < -0.39 is 48.2 Å². The van der Waals surface area contributed by atoms with E-state index in [9.17, 15) is 29.1 Å². The summed E-state index contributed by atoms with van der Waals surface area (Å²) in [6.45, 7) is 10.6. The third kappa shape index (κ3) is 14.3. The number of nitrogens with zero attached hydrogens (tertiary/aromatic N) is 3.